The first-order valence-electron chi connectivity index (χ1n) is 5.10. The first kappa shape index (κ1) is 9.60. The lowest BCUT2D eigenvalue weighted by atomic mass is 10.2. The van der Waals surface area contributed by atoms with Crippen LogP contribution >= 0.6 is 0 Å². The Morgan fingerprint density at radius 3 is 3.00 bits per heavy atom. The third-order valence-electron chi connectivity index (χ3n) is 2.49. The maximum Gasteiger partial charge on any atom is 0.202 e. The number of aromatic amines is 1. The number of nitriles is 1. The molecule has 0 fully saturated rings. The molecule has 5 nitrogen and oxygen atoms in total. The van der Waals surface area contributed by atoms with Gasteiger partial charge in [-0.05, 0) is 19.1 Å². The molecule has 0 saturated carbocycles. The minimum absolute atomic E-state index is 0.543. The predicted octanol–water partition coefficient (Wildman–Crippen LogP) is 2.40. The van der Waals surface area contributed by atoms with Crippen LogP contribution in [0.3, 0.4) is 0 Å². The van der Waals surface area contributed by atoms with Crippen LogP contribution in [-0.4, -0.2) is 15.1 Å². The molecule has 0 spiro atoms. The van der Waals surface area contributed by atoms with Crippen molar-refractivity contribution in [3.8, 4) is 17.7 Å². The molecule has 0 aliphatic heterocycles. The molecule has 5 heteroatoms. The number of fused-ring (bicyclic) bond motifs is 1. The van der Waals surface area contributed by atoms with Crippen LogP contribution < -0.4 is 0 Å². The summed E-state index contributed by atoms with van der Waals surface area (Å²) in [5.74, 6) is 1.16. The van der Waals surface area contributed by atoms with Crippen LogP contribution in [0, 0.1) is 18.3 Å². The van der Waals surface area contributed by atoms with Crippen molar-refractivity contribution in [1.29, 1.82) is 5.26 Å². The minimum Gasteiger partial charge on any atom is -0.353 e. The third kappa shape index (κ3) is 1.47. The number of nitrogens with zero attached hydrogens (tertiary/aromatic N) is 3. The highest BCUT2D eigenvalue weighted by Gasteiger charge is 2.11. The number of imidazole rings is 1. The first-order valence-corrected chi connectivity index (χ1v) is 5.10. The number of para-hydroxylation sites is 1. The number of nitrogens with one attached hydrogen (secondary N) is 1. The number of hydrogen-bond acceptors (Lipinski definition) is 4. The molecule has 0 atom stereocenters. The van der Waals surface area contributed by atoms with E-state index in [9.17, 15) is 0 Å². The summed E-state index contributed by atoms with van der Waals surface area (Å²) in [5.41, 5.74) is 2.80. The summed E-state index contributed by atoms with van der Waals surface area (Å²) in [6.07, 6.45) is 0. The van der Waals surface area contributed by atoms with E-state index in [0.717, 1.165) is 11.2 Å². The zero-order valence-electron chi connectivity index (χ0n) is 9.06. The van der Waals surface area contributed by atoms with Crippen molar-refractivity contribution >= 4 is 11.0 Å². The number of rotatable bonds is 1. The Morgan fingerprint density at radius 2 is 2.29 bits per heavy atom. The van der Waals surface area contributed by atoms with Gasteiger partial charge in [0.15, 0.2) is 5.82 Å². The van der Waals surface area contributed by atoms with Crippen molar-refractivity contribution in [3.05, 3.63) is 35.5 Å². The van der Waals surface area contributed by atoms with Gasteiger partial charge in [-0.25, -0.2) is 4.98 Å². The summed E-state index contributed by atoms with van der Waals surface area (Å²) < 4.78 is 5.13. The molecule has 0 aliphatic carbocycles. The Hall–Kier alpha value is -2.61. The molecule has 17 heavy (non-hydrogen) atoms. The molecule has 0 amide bonds. The Kier molecular flexibility index (Phi) is 1.95. The second-order valence-corrected chi connectivity index (χ2v) is 3.73. The fraction of sp³-hybridized carbons (Fsp3) is 0.0833. The molecule has 0 saturated heterocycles. The predicted molar refractivity (Wildman–Crippen MR) is 61.0 cm³/mol. The minimum atomic E-state index is 0.543. The van der Waals surface area contributed by atoms with Crippen molar-refractivity contribution in [2.75, 3.05) is 0 Å². The van der Waals surface area contributed by atoms with Crippen LogP contribution in [0.4, 0.5) is 0 Å². The fourth-order valence-electron chi connectivity index (χ4n) is 1.71. The highest BCUT2D eigenvalue weighted by molar-refractivity contribution is 5.83. The largest absolute Gasteiger partial charge is 0.353 e. The Balaban J connectivity index is 2.24. The third-order valence-corrected chi connectivity index (χ3v) is 2.49. The molecule has 82 valence electrons. The number of H-pyrrole nitrogens is 1. The highest BCUT2D eigenvalue weighted by atomic mass is 16.5. The number of aryl methyl sites for hydroxylation is 1. The summed E-state index contributed by atoms with van der Waals surface area (Å²) in [4.78, 5) is 7.46. The van der Waals surface area contributed by atoms with E-state index in [1.165, 1.54) is 0 Å². The summed E-state index contributed by atoms with van der Waals surface area (Å²) in [6, 6.07) is 9.33. The van der Waals surface area contributed by atoms with E-state index < -0.39 is 0 Å². The van der Waals surface area contributed by atoms with E-state index in [1.807, 2.05) is 19.1 Å². The van der Waals surface area contributed by atoms with E-state index in [4.69, 9.17) is 9.78 Å². The molecular formula is C12H8N4O. The van der Waals surface area contributed by atoms with Gasteiger partial charge in [-0.15, -0.1) is 0 Å². The first-order chi connectivity index (χ1) is 8.28. The van der Waals surface area contributed by atoms with Gasteiger partial charge in [-0.2, -0.15) is 5.26 Å². The Morgan fingerprint density at radius 1 is 1.41 bits per heavy atom. The van der Waals surface area contributed by atoms with Gasteiger partial charge in [0.25, 0.3) is 0 Å². The highest BCUT2D eigenvalue weighted by Crippen LogP contribution is 2.22. The zero-order chi connectivity index (χ0) is 11.8. The summed E-state index contributed by atoms with van der Waals surface area (Å²) in [7, 11) is 0. The van der Waals surface area contributed by atoms with E-state index in [1.54, 1.807) is 12.1 Å². The Bertz CT molecular complexity index is 732. The molecule has 3 aromatic rings. The molecule has 1 aromatic carbocycles. The van der Waals surface area contributed by atoms with Crippen LogP contribution in [0.5, 0.6) is 0 Å². The van der Waals surface area contributed by atoms with E-state index >= 15 is 0 Å². The fourth-order valence-corrected chi connectivity index (χ4v) is 1.71. The van der Waals surface area contributed by atoms with Crippen molar-refractivity contribution in [2.24, 2.45) is 0 Å². The van der Waals surface area contributed by atoms with E-state index in [-0.39, 0.29) is 0 Å². The zero-order valence-corrected chi connectivity index (χ0v) is 9.06. The maximum atomic E-state index is 8.98. The van der Waals surface area contributed by atoms with Crippen molar-refractivity contribution in [2.45, 2.75) is 6.92 Å². The van der Waals surface area contributed by atoms with Gasteiger partial charge in [0.05, 0.1) is 16.8 Å². The molecule has 3 rings (SSSR count). The number of aromatic nitrogens is 3. The molecule has 2 heterocycles. The molecule has 0 unspecified atom stereocenters. The van der Waals surface area contributed by atoms with Crippen molar-refractivity contribution < 1.29 is 4.52 Å². The Labute approximate surface area is 96.7 Å². The lowest BCUT2D eigenvalue weighted by molar-refractivity contribution is 0.425. The summed E-state index contributed by atoms with van der Waals surface area (Å²) in [6.45, 7) is 1.84. The molecular weight excluding hydrogens is 216 g/mol. The smallest absolute Gasteiger partial charge is 0.202 e. The second kappa shape index (κ2) is 3.46. The van der Waals surface area contributed by atoms with Gasteiger partial charge in [-0.1, -0.05) is 11.2 Å². The van der Waals surface area contributed by atoms with Gasteiger partial charge >= 0.3 is 0 Å². The van der Waals surface area contributed by atoms with Gasteiger partial charge in [0, 0.05) is 6.07 Å². The van der Waals surface area contributed by atoms with Crippen molar-refractivity contribution in [1.82, 2.24) is 15.1 Å². The normalized spacial score (nSPS) is 10.6. The van der Waals surface area contributed by atoms with Gasteiger partial charge in [0.1, 0.15) is 11.6 Å². The van der Waals surface area contributed by atoms with Gasteiger partial charge in [-0.3, -0.25) is 0 Å². The number of hydrogen-bond donors (Lipinski definition) is 1. The molecule has 0 bridgehead atoms. The van der Waals surface area contributed by atoms with E-state index in [0.29, 0.717) is 22.7 Å². The topological polar surface area (TPSA) is 78.5 Å². The standard InChI is InChI=1S/C12H8N4O/c1-7-5-10(17-16-7)12-14-9-4-2-3-8(6-13)11(9)15-12/h2-5H,1H3,(H,14,15). The van der Waals surface area contributed by atoms with Gasteiger partial charge in [0.2, 0.25) is 5.76 Å². The molecule has 0 aliphatic rings. The molecule has 0 radical (unpaired) electrons. The SMILES string of the molecule is Cc1cc(-c2nc3c(C#N)cccc3[nH]2)on1. The number of benzene rings is 1. The van der Waals surface area contributed by atoms with Crippen LogP contribution in [0.1, 0.15) is 11.3 Å². The molecule has 1 N–H and O–H groups in total. The lowest BCUT2D eigenvalue weighted by Crippen LogP contribution is -1.77. The maximum absolute atomic E-state index is 8.98. The molecule has 2 aromatic heterocycles. The van der Waals surface area contributed by atoms with Crippen LogP contribution in [0.2, 0.25) is 0 Å². The average Bonchev–Trinajstić information content (AvgIpc) is 2.93. The van der Waals surface area contributed by atoms with E-state index in [2.05, 4.69) is 21.2 Å². The van der Waals surface area contributed by atoms with Gasteiger partial charge < -0.3 is 9.51 Å². The average molecular weight is 224 g/mol. The lowest BCUT2D eigenvalue weighted by Gasteiger charge is -1.87. The quantitative estimate of drug-likeness (QED) is 0.688. The van der Waals surface area contributed by atoms with Crippen LogP contribution in [0.15, 0.2) is 28.8 Å². The van der Waals surface area contributed by atoms with Crippen molar-refractivity contribution in [3.63, 3.8) is 0 Å². The monoisotopic (exact) mass is 224 g/mol. The summed E-state index contributed by atoms with van der Waals surface area (Å²) >= 11 is 0. The summed E-state index contributed by atoms with van der Waals surface area (Å²) in [5, 5.41) is 12.8. The van der Waals surface area contributed by atoms with Crippen LogP contribution in [0.25, 0.3) is 22.6 Å². The van der Waals surface area contributed by atoms with Crippen LogP contribution in [-0.2, 0) is 0 Å². The second-order valence-electron chi connectivity index (χ2n) is 3.73.